The molecule has 0 unspecified atom stereocenters. The van der Waals surface area contributed by atoms with E-state index in [9.17, 15) is 4.79 Å². The third-order valence-electron chi connectivity index (χ3n) is 3.82. The van der Waals surface area contributed by atoms with Gasteiger partial charge in [-0.05, 0) is 16.5 Å². The Morgan fingerprint density at radius 2 is 1.81 bits per heavy atom. The molecule has 0 radical (unpaired) electrons. The van der Waals surface area contributed by atoms with Crippen molar-refractivity contribution in [2.75, 3.05) is 0 Å². The minimum absolute atomic E-state index is 0.139. The van der Waals surface area contributed by atoms with Crippen LogP contribution in [0, 0.1) is 0 Å². The molecular formula is C18H18N2O. The van der Waals surface area contributed by atoms with Gasteiger partial charge in [0, 0.05) is 35.1 Å². The lowest BCUT2D eigenvalue weighted by Crippen LogP contribution is -2.10. The van der Waals surface area contributed by atoms with Crippen molar-refractivity contribution in [1.82, 2.24) is 9.97 Å². The fraction of sp³-hybridized carbons (Fsp3) is 0.222. The van der Waals surface area contributed by atoms with Gasteiger partial charge in [0.15, 0.2) is 6.29 Å². The molecule has 0 bridgehead atoms. The van der Waals surface area contributed by atoms with Gasteiger partial charge < -0.3 is 4.98 Å². The number of pyridine rings is 1. The first kappa shape index (κ1) is 13.6. The summed E-state index contributed by atoms with van der Waals surface area (Å²) in [6, 6.07) is 8.52. The lowest BCUT2D eigenvalue weighted by Gasteiger charge is -2.19. The second-order valence-electron chi connectivity index (χ2n) is 6.30. The molecule has 3 nitrogen and oxygen atoms in total. The number of hydrogen-bond acceptors (Lipinski definition) is 2. The Labute approximate surface area is 124 Å². The molecule has 2 heterocycles. The van der Waals surface area contributed by atoms with Crippen molar-refractivity contribution in [2.45, 2.75) is 26.2 Å². The molecule has 0 spiro atoms. The Morgan fingerprint density at radius 3 is 2.43 bits per heavy atom. The average Bonchev–Trinajstić information content (AvgIpc) is 2.89. The summed E-state index contributed by atoms with van der Waals surface area (Å²) in [5.41, 5.74) is 5.15. The largest absolute Gasteiger partial charge is 0.360 e. The molecule has 2 aromatic heterocycles. The van der Waals surface area contributed by atoms with E-state index in [0.717, 1.165) is 28.3 Å². The molecule has 0 aliphatic heterocycles. The van der Waals surface area contributed by atoms with Gasteiger partial charge in [0.1, 0.15) is 0 Å². The fourth-order valence-electron chi connectivity index (χ4n) is 2.53. The van der Waals surface area contributed by atoms with Crippen LogP contribution in [0.5, 0.6) is 0 Å². The molecule has 1 aromatic carbocycles. The van der Waals surface area contributed by atoms with Crippen LogP contribution >= 0.6 is 0 Å². The Kier molecular flexibility index (Phi) is 3.13. The minimum Gasteiger partial charge on any atom is -0.360 e. The number of carbonyl (C=O) groups excluding carboxylic acids is 1. The maximum atomic E-state index is 11.0. The van der Waals surface area contributed by atoms with Crippen LogP contribution in [0.15, 0.2) is 42.9 Å². The number of nitrogens with one attached hydrogen (secondary N) is 1. The third-order valence-corrected chi connectivity index (χ3v) is 3.82. The Hall–Kier alpha value is -2.42. The van der Waals surface area contributed by atoms with E-state index >= 15 is 0 Å². The normalized spacial score (nSPS) is 11.8. The smallest absolute Gasteiger partial charge is 0.152 e. The quantitative estimate of drug-likeness (QED) is 0.709. The Bertz CT molecular complexity index is 792. The van der Waals surface area contributed by atoms with Gasteiger partial charge in [0.2, 0.25) is 0 Å². The summed E-state index contributed by atoms with van der Waals surface area (Å²) in [6.45, 7) is 6.60. The van der Waals surface area contributed by atoms with Gasteiger partial charge in [0.25, 0.3) is 0 Å². The van der Waals surface area contributed by atoms with Gasteiger partial charge in [-0.3, -0.25) is 9.78 Å². The lowest BCUT2D eigenvalue weighted by atomic mass is 9.86. The molecular weight excluding hydrogens is 260 g/mol. The van der Waals surface area contributed by atoms with Crippen molar-refractivity contribution < 1.29 is 4.79 Å². The van der Waals surface area contributed by atoms with Crippen LogP contribution < -0.4 is 0 Å². The molecule has 3 heteroatoms. The van der Waals surface area contributed by atoms with E-state index in [0.29, 0.717) is 5.56 Å². The summed E-state index contributed by atoms with van der Waals surface area (Å²) in [7, 11) is 0. The second-order valence-corrected chi connectivity index (χ2v) is 6.30. The predicted molar refractivity (Wildman–Crippen MR) is 85.6 cm³/mol. The van der Waals surface area contributed by atoms with Crippen LogP contribution in [0.1, 0.15) is 36.7 Å². The molecule has 0 saturated carbocycles. The first-order chi connectivity index (χ1) is 10.0. The number of hydrogen-bond donors (Lipinski definition) is 1. The maximum absolute atomic E-state index is 11.0. The van der Waals surface area contributed by atoms with Crippen molar-refractivity contribution in [3.63, 3.8) is 0 Å². The fourth-order valence-corrected chi connectivity index (χ4v) is 2.53. The number of carbonyl (C=O) groups is 1. The van der Waals surface area contributed by atoms with E-state index in [1.165, 1.54) is 5.56 Å². The summed E-state index contributed by atoms with van der Waals surface area (Å²) >= 11 is 0. The van der Waals surface area contributed by atoms with Crippen LogP contribution in [-0.4, -0.2) is 16.3 Å². The molecule has 0 saturated heterocycles. The maximum Gasteiger partial charge on any atom is 0.152 e. The van der Waals surface area contributed by atoms with E-state index in [2.05, 4.69) is 55.0 Å². The van der Waals surface area contributed by atoms with Crippen LogP contribution in [-0.2, 0) is 5.41 Å². The van der Waals surface area contributed by atoms with E-state index in [4.69, 9.17) is 0 Å². The predicted octanol–water partition coefficient (Wildman–Crippen LogP) is 4.34. The molecule has 0 aliphatic carbocycles. The number of nitrogens with zero attached hydrogens (tertiary/aromatic N) is 1. The summed E-state index contributed by atoms with van der Waals surface area (Å²) in [5.74, 6) is 0. The zero-order valence-electron chi connectivity index (χ0n) is 12.5. The van der Waals surface area contributed by atoms with Crippen molar-refractivity contribution in [3.05, 3.63) is 54.0 Å². The molecule has 0 atom stereocenters. The number of aldehydes is 1. The monoisotopic (exact) mass is 278 g/mol. The SMILES string of the molecule is CC(C)(C)c1ccc(-c2cncc3c(C=O)c[nH]c23)cc1. The standard InChI is InChI=1S/C18H18N2O/c1-18(2,3)14-6-4-12(5-7-14)15-9-19-10-16-13(11-21)8-20-17(15)16/h4-11,20H,1-3H3. The van der Waals surface area contributed by atoms with Crippen LogP contribution in [0.3, 0.4) is 0 Å². The van der Waals surface area contributed by atoms with E-state index in [1.54, 1.807) is 12.4 Å². The third kappa shape index (κ3) is 2.35. The van der Waals surface area contributed by atoms with Gasteiger partial charge in [-0.1, -0.05) is 45.0 Å². The summed E-state index contributed by atoms with van der Waals surface area (Å²) < 4.78 is 0. The molecule has 106 valence electrons. The molecule has 0 fully saturated rings. The van der Waals surface area contributed by atoms with E-state index < -0.39 is 0 Å². The van der Waals surface area contributed by atoms with Gasteiger partial charge in [-0.25, -0.2) is 0 Å². The van der Waals surface area contributed by atoms with Crippen molar-refractivity contribution in [2.24, 2.45) is 0 Å². The highest BCUT2D eigenvalue weighted by molar-refractivity contribution is 6.02. The van der Waals surface area contributed by atoms with Gasteiger partial charge in [0.05, 0.1) is 5.52 Å². The number of aromatic amines is 1. The molecule has 1 N–H and O–H groups in total. The highest BCUT2D eigenvalue weighted by atomic mass is 16.1. The van der Waals surface area contributed by atoms with Crippen molar-refractivity contribution >= 4 is 17.2 Å². The van der Waals surface area contributed by atoms with Crippen LogP contribution in [0.2, 0.25) is 0 Å². The highest BCUT2D eigenvalue weighted by Crippen LogP contribution is 2.30. The molecule has 3 aromatic rings. The topological polar surface area (TPSA) is 45.8 Å². The molecule has 0 amide bonds. The number of benzene rings is 1. The summed E-state index contributed by atoms with van der Waals surface area (Å²) in [5, 5.41) is 0.863. The average molecular weight is 278 g/mol. The number of aromatic nitrogens is 2. The minimum atomic E-state index is 0.139. The van der Waals surface area contributed by atoms with Gasteiger partial charge in [-0.15, -0.1) is 0 Å². The lowest BCUT2D eigenvalue weighted by molar-refractivity contribution is 0.112. The first-order valence-electron chi connectivity index (χ1n) is 7.02. The Balaban J connectivity index is 2.12. The molecule has 0 aliphatic rings. The zero-order chi connectivity index (χ0) is 15.0. The van der Waals surface area contributed by atoms with Gasteiger partial charge in [-0.2, -0.15) is 0 Å². The summed E-state index contributed by atoms with van der Waals surface area (Å²) in [6.07, 6.45) is 6.14. The molecule has 21 heavy (non-hydrogen) atoms. The Morgan fingerprint density at radius 1 is 1.10 bits per heavy atom. The second kappa shape index (κ2) is 4.85. The van der Waals surface area contributed by atoms with Crippen molar-refractivity contribution in [3.8, 4) is 11.1 Å². The van der Waals surface area contributed by atoms with Crippen LogP contribution in [0.4, 0.5) is 0 Å². The number of rotatable bonds is 2. The number of fused-ring (bicyclic) bond motifs is 1. The van der Waals surface area contributed by atoms with Crippen molar-refractivity contribution in [1.29, 1.82) is 0 Å². The number of H-pyrrole nitrogens is 1. The van der Waals surface area contributed by atoms with E-state index in [-0.39, 0.29) is 5.41 Å². The zero-order valence-corrected chi connectivity index (χ0v) is 12.5. The van der Waals surface area contributed by atoms with Crippen LogP contribution in [0.25, 0.3) is 22.0 Å². The van der Waals surface area contributed by atoms with Gasteiger partial charge >= 0.3 is 0 Å². The molecule has 3 rings (SSSR count). The first-order valence-corrected chi connectivity index (χ1v) is 7.02. The summed E-state index contributed by atoms with van der Waals surface area (Å²) in [4.78, 5) is 18.5. The highest BCUT2D eigenvalue weighted by Gasteiger charge is 2.14. The van der Waals surface area contributed by atoms with E-state index in [1.807, 2.05) is 6.20 Å².